The third kappa shape index (κ3) is 2.96. The van der Waals surface area contributed by atoms with E-state index in [4.69, 9.17) is 10.5 Å². The van der Waals surface area contributed by atoms with Crippen LogP contribution in [0, 0.1) is 0 Å². The minimum atomic E-state index is -0.555. The van der Waals surface area contributed by atoms with Crippen molar-refractivity contribution < 1.29 is 14.3 Å². The first-order chi connectivity index (χ1) is 11.5. The van der Waals surface area contributed by atoms with Gasteiger partial charge in [0.05, 0.1) is 5.52 Å². The number of aryl methyl sites for hydroxylation is 1. The molecule has 3 rings (SSSR count). The molecule has 0 aliphatic heterocycles. The Balaban J connectivity index is 1.78. The molecule has 0 radical (unpaired) electrons. The van der Waals surface area contributed by atoms with Crippen molar-refractivity contribution >= 4 is 28.5 Å². The molecule has 0 unspecified atom stereocenters. The second kappa shape index (κ2) is 6.11. The van der Waals surface area contributed by atoms with Gasteiger partial charge in [0, 0.05) is 24.2 Å². The quantitative estimate of drug-likeness (QED) is 0.583. The standard InChI is InChI=1S/C17H16N4O3/c1-10(22)11-7-14(21(2)8-11)17(23)24-9-15-19-13-6-4-3-5-12(13)16(18)20-15/h3-8H,9H2,1-2H3,(H2,18,19,20). The molecule has 2 heterocycles. The predicted octanol–water partition coefficient (Wildman–Crippen LogP) is 2.11. The molecule has 122 valence electrons. The highest BCUT2D eigenvalue weighted by Crippen LogP contribution is 2.17. The van der Waals surface area contributed by atoms with Gasteiger partial charge in [-0.05, 0) is 25.1 Å². The Labute approximate surface area is 138 Å². The maximum Gasteiger partial charge on any atom is 0.355 e. The molecule has 0 bridgehead atoms. The molecule has 24 heavy (non-hydrogen) atoms. The number of hydrogen-bond acceptors (Lipinski definition) is 6. The number of carbonyl (C=O) groups excluding carboxylic acids is 2. The van der Waals surface area contributed by atoms with Crippen LogP contribution in [0.2, 0.25) is 0 Å². The lowest BCUT2D eigenvalue weighted by Crippen LogP contribution is -2.11. The molecular formula is C17H16N4O3. The van der Waals surface area contributed by atoms with Crippen LogP contribution in [0.3, 0.4) is 0 Å². The van der Waals surface area contributed by atoms with E-state index in [9.17, 15) is 9.59 Å². The molecule has 7 heteroatoms. The third-order valence-corrected chi connectivity index (χ3v) is 3.63. The second-order valence-corrected chi connectivity index (χ2v) is 5.40. The summed E-state index contributed by atoms with van der Waals surface area (Å²) in [5.41, 5.74) is 7.33. The molecule has 0 aliphatic rings. The van der Waals surface area contributed by atoms with Crippen molar-refractivity contribution in [3.05, 3.63) is 53.6 Å². The summed E-state index contributed by atoms with van der Waals surface area (Å²) >= 11 is 0. The van der Waals surface area contributed by atoms with Crippen molar-refractivity contribution in [2.75, 3.05) is 5.73 Å². The zero-order chi connectivity index (χ0) is 17.3. The number of aromatic nitrogens is 3. The lowest BCUT2D eigenvalue weighted by molar-refractivity contribution is 0.0451. The van der Waals surface area contributed by atoms with Crippen LogP contribution < -0.4 is 5.73 Å². The molecular weight excluding hydrogens is 308 g/mol. The van der Waals surface area contributed by atoms with E-state index in [-0.39, 0.29) is 18.1 Å². The average Bonchev–Trinajstić information content (AvgIpc) is 2.95. The molecule has 7 nitrogen and oxygen atoms in total. The first-order valence-corrected chi connectivity index (χ1v) is 7.31. The van der Waals surface area contributed by atoms with Crippen LogP contribution in [0.15, 0.2) is 36.5 Å². The Kier molecular flexibility index (Phi) is 3.99. The first kappa shape index (κ1) is 15.7. The number of ether oxygens (including phenoxy) is 1. The van der Waals surface area contributed by atoms with Crippen LogP contribution in [-0.2, 0) is 18.4 Å². The summed E-state index contributed by atoms with van der Waals surface area (Å²) in [6, 6.07) is 8.84. The molecule has 3 aromatic rings. The lowest BCUT2D eigenvalue weighted by Gasteiger charge is -2.07. The van der Waals surface area contributed by atoms with Crippen molar-refractivity contribution in [1.29, 1.82) is 0 Å². The Morgan fingerprint density at radius 2 is 2.00 bits per heavy atom. The van der Waals surface area contributed by atoms with Gasteiger partial charge in [-0.15, -0.1) is 0 Å². The molecule has 0 spiro atoms. The van der Waals surface area contributed by atoms with Crippen LogP contribution in [0.5, 0.6) is 0 Å². The molecule has 0 saturated carbocycles. The van der Waals surface area contributed by atoms with E-state index >= 15 is 0 Å². The summed E-state index contributed by atoms with van der Waals surface area (Å²) in [5, 5.41) is 0.751. The fraction of sp³-hybridized carbons (Fsp3) is 0.176. The van der Waals surface area contributed by atoms with E-state index in [1.807, 2.05) is 24.3 Å². The largest absolute Gasteiger partial charge is 0.453 e. The van der Waals surface area contributed by atoms with E-state index in [1.165, 1.54) is 13.0 Å². The molecule has 0 amide bonds. The van der Waals surface area contributed by atoms with Gasteiger partial charge in [-0.2, -0.15) is 0 Å². The molecule has 2 N–H and O–H groups in total. The van der Waals surface area contributed by atoms with E-state index in [1.54, 1.807) is 17.8 Å². The van der Waals surface area contributed by atoms with Crippen molar-refractivity contribution in [3.63, 3.8) is 0 Å². The fourth-order valence-corrected chi connectivity index (χ4v) is 2.38. The topological polar surface area (TPSA) is 100 Å². The smallest absolute Gasteiger partial charge is 0.355 e. The number of nitrogen functional groups attached to an aromatic ring is 1. The minimum absolute atomic E-state index is 0.103. The zero-order valence-electron chi connectivity index (χ0n) is 13.3. The number of ketones is 1. The third-order valence-electron chi connectivity index (χ3n) is 3.63. The van der Waals surface area contributed by atoms with Crippen LogP contribution in [0.25, 0.3) is 10.9 Å². The lowest BCUT2D eigenvalue weighted by atomic mass is 10.2. The summed E-state index contributed by atoms with van der Waals surface area (Å²) in [7, 11) is 1.67. The number of fused-ring (bicyclic) bond motifs is 1. The number of para-hydroxylation sites is 1. The molecule has 0 atom stereocenters. The van der Waals surface area contributed by atoms with Crippen LogP contribution in [-0.4, -0.2) is 26.3 Å². The van der Waals surface area contributed by atoms with Gasteiger partial charge in [0.15, 0.2) is 18.2 Å². The maximum atomic E-state index is 12.2. The highest BCUT2D eigenvalue weighted by molar-refractivity contribution is 5.97. The Morgan fingerprint density at radius 3 is 2.71 bits per heavy atom. The maximum absolute atomic E-state index is 12.2. The second-order valence-electron chi connectivity index (χ2n) is 5.40. The van der Waals surface area contributed by atoms with E-state index < -0.39 is 5.97 Å². The SMILES string of the molecule is CC(=O)c1cc(C(=O)OCc2nc(N)c3ccccc3n2)n(C)c1. The number of hydrogen-bond donors (Lipinski definition) is 1. The van der Waals surface area contributed by atoms with Crippen LogP contribution >= 0.6 is 0 Å². The predicted molar refractivity (Wildman–Crippen MR) is 88.5 cm³/mol. The molecule has 0 saturated heterocycles. The monoisotopic (exact) mass is 324 g/mol. The number of carbonyl (C=O) groups is 2. The van der Waals surface area contributed by atoms with Gasteiger partial charge in [0.1, 0.15) is 11.5 Å². The van der Waals surface area contributed by atoms with Crippen molar-refractivity contribution in [2.24, 2.45) is 7.05 Å². The highest BCUT2D eigenvalue weighted by atomic mass is 16.5. The number of benzene rings is 1. The van der Waals surface area contributed by atoms with Crippen molar-refractivity contribution in [2.45, 2.75) is 13.5 Å². The number of nitrogens with two attached hydrogens (primary N) is 1. The number of Topliss-reactive ketones (excluding diaryl/α,β-unsaturated/α-hetero) is 1. The molecule has 2 aromatic heterocycles. The summed E-state index contributed by atoms with van der Waals surface area (Å²) in [6.45, 7) is 1.34. The van der Waals surface area contributed by atoms with Crippen LogP contribution in [0.1, 0.15) is 33.6 Å². The van der Waals surface area contributed by atoms with Gasteiger partial charge >= 0.3 is 5.97 Å². The fourth-order valence-electron chi connectivity index (χ4n) is 2.38. The molecule has 1 aromatic carbocycles. The van der Waals surface area contributed by atoms with Gasteiger partial charge in [-0.25, -0.2) is 14.8 Å². The Hall–Kier alpha value is -3.22. The number of esters is 1. The van der Waals surface area contributed by atoms with Crippen molar-refractivity contribution in [1.82, 2.24) is 14.5 Å². The van der Waals surface area contributed by atoms with Gasteiger partial charge in [0.2, 0.25) is 0 Å². The van der Waals surface area contributed by atoms with Gasteiger partial charge < -0.3 is 15.0 Å². The zero-order valence-corrected chi connectivity index (χ0v) is 13.3. The van der Waals surface area contributed by atoms with Gasteiger partial charge in [-0.1, -0.05) is 12.1 Å². The van der Waals surface area contributed by atoms with E-state index in [0.29, 0.717) is 22.7 Å². The minimum Gasteiger partial charge on any atom is -0.453 e. The highest BCUT2D eigenvalue weighted by Gasteiger charge is 2.16. The Morgan fingerprint density at radius 1 is 1.25 bits per heavy atom. The number of rotatable bonds is 4. The Bertz CT molecular complexity index is 946. The van der Waals surface area contributed by atoms with E-state index in [0.717, 1.165) is 5.39 Å². The van der Waals surface area contributed by atoms with Gasteiger partial charge in [0.25, 0.3) is 0 Å². The summed E-state index contributed by atoms with van der Waals surface area (Å²) in [5.74, 6) is -0.0134. The molecule has 0 aliphatic carbocycles. The normalized spacial score (nSPS) is 10.8. The van der Waals surface area contributed by atoms with E-state index in [2.05, 4.69) is 9.97 Å². The summed E-state index contributed by atoms with van der Waals surface area (Å²) < 4.78 is 6.79. The first-order valence-electron chi connectivity index (χ1n) is 7.31. The summed E-state index contributed by atoms with van der Waals surface area (Å²) in [4.78, 5) is 32.0. The van der Waals surface area contributed by atoms with Crippen molar-refractivity contribution in [3.8, 4) is 0 Å². The van der Waals surface area contributed by atoms with Crippen LogP contribution in [0.4, 0.5) is 5.82 Å². The van der Waals surface area contributed by atoms with Gasteiger partial charge in [-0.3, -0.25) is 4.79 Å². The number of nitrogens with zero attached hydrogens (tertiary/aromatic N) is 3. The number of anilines is 1. The average molecular weight is 324 g/mol. The summed E-state index contributed by atoms with van der Waals surface area (Å²) in [6.07, 6.45) is 1.59. The molecule has 0 fully saturated rings.